The minimum atomic E-state index is 1.10. The Labute approximate surface area is 55.5 Å². The first-order chi connectivity index (χ1) is 4.47. The molecule has 9 heavy (non-hydrogen) atoms. The van der Waals surface area contributed by atoms with Crippen molar-refractivity contribution in [1.29, 1.82) is 0 Å². The maximum Gasteiger partial charge on any atom is 0.0208 e. The monoisotopic (exact) mass is 121 g/mol. The summed E-state index contributed by atoms with van der Waals surface area (Å²) in [5.74, 6) is 0. The summed E-state index contributed by atoms with van der Waals surface area (Å²) >= 11 is 0. The topological polar surface area (TPSA) is 12.0 Å². The Morgan fingerprint density at radius 2 is 1.56 bits per heavy atom. The number of allylic oxidation sites excluding steroid dienone is 2. The van der Waals surface area contributed by atoms with Crippen molar-refractivity contribution in [2.75, 3.05) is 13.1 Å². The van der Waals surface area contributed by atoms with Gasteiger partial charge in [-0.1, -0.05) is 12.2 Å². The Morgan fingerprint density at radius 3 is 2.11 bits per heavy atom. The van der Waals surface area contributed by atoms with Gasteiger partial charge in [-0.3, -0.25) is 0 Å². The first kappa shape index (κ1) is 5.24. The molecule has 0 bridgehead atoms. The molecule has 1 saturated heterocycles. The van der Waals surface area contributed by atoms with Crippen LogP contribution in [0.25, 0.3) is 0 Å². The second-order valence-electron chi connectivity index (χ2n) is 2.64. The summed E-state index contributed by atoms with van der Waals surface area (Å²) in [6.07, 6.45) is 7.21. The third-order valence-corrected chi connectivity index (χ3v) is 1.99. The molecule has 0 unspecified atom stereocenters. The van der Waals surface area contributed by atoms with Crippen LogP contribution in [0.2, 0.25) is 0 Å². The predicted molar refractivity (Wildman–Crippen MR) is 38.3 cm³/mol. The molecule has 1 N–H and O–H groups in total. The van der Waals surface area contributed by atoms with Gasteiger partial charge in [0.15, 0.2) is 0 Å². The number of hydrogen-bond donors (Lipinski definition) is 1. The highest BCUT2D eigenvalue weighted by Gasteiger charge is 2.13. The Hall–Kier alpha value is -0.560. The second-order valence-corrected chi connectivity index (χ2v) is 2.64. The summed E-state index contributed by atoms with van der Waals surface area (Å²) in [7, 11) is 0. The van der Waals surface area contributed by atoms with E-state index in [9.17, 15) is 0 Å². The lowest BCUT2D eigenvalue weighted by Crippen LogP contribution is -2.04. The minimum Gasteiger partial charge on any atom is -0.309 e. The lowest BCUT2D eigenvalue weighted by molar-refractivity contribution is 0.895. The van der Waals surface area contributed by atoms with Crippen LogP contribution in [0, 0.1) is 0 Å². The van der Waals surface area contributed by atoms with Crippen LogP contribution in [0.15, 0.2) is 23.3 Å². The van der Waals surface area contributed by atoms with Crippen LogP contribution >= 0.6 is 0 Å². The number of rotatable bonds is 0. The molecule has 2 rings (SSSR count). The fourth-order valence-electron chi connectivity index (χ4n) is 1.48. The van der Waals surface area contributed by atoms with E-state index in [0.717, 1.165) is 13.1 Å². The van der Waals surface area contributed by atoms with Crippen molar-refractivity contribution in [3.05, 3.63) is 23.3 Å². The zero-order valence-electron chi connectivity index (χ0n) is 5.48. The van der Waals surface area contributed by atoms with Gasteiger partial charge in [0.2, 0.25) is 0 Å². The van der Waals surface area contributed by atoms with Crippen LogP contribution in [0.1, 0.15) is 12.8 Å². The molecule has 2 aliphatic rings. The second kappa shape index (κ2) is 1.99. The van der Waals surface area contributed by atoms with E-state index in [1.54, 1.807) is 11.1 Å². The molecule has 0 amide bonds. The van der Waals surface area contributed by atoms with E-state index in [0.29, 0.717) is 0 Å². The van der Waals surface area contributed by atoms with Gasteiger partial charge in [0.05, 0.1) is 0 Å². The fourth-order valence-corrected chi connectivity index (χ4v) is 1.48. The van der Waals surface area contributed by atoms with Crippen LogP contribution in [0.4, 0.5) is 0 Å². The summed E-state index contributed by atoms with van der Waals surface area (Å²) in [5.41, 5.74) is 3.09. The van der Waals surface area contributed by atoms with E-state index >= 15 is 0 Å². The molecule has 0 atom stereocenters. The van der Waals surface area contributed by atoms with Crippen LogP contribution in [0.3, 0.4) is 0 Å². The van der Waals surface area contributed by atoms with E-state index < -0.39 is 0 Å². The van der Waals surface area contributed by atoms with E-state index in [4.69, 9.17) is 0 Å². The average molecular weight is 121 g/mol. The van der Waals surface area contributed by atoms with Crippen molar-refractivity contribution in [3.8, 4) is 0 Å². The standard InChI is InChI=1S/C8H11N/c1-2-4-8-6-9-5-7(8)3-1/h3-4,9H,1-2,5-6H2. The third kappa shape index (κ3) is 0.815. The molecule has 1 fully saturated rings. The maximum atomic E-state index is 3.33. The smallest absolute Gasteiger partial charge is 0.0208 e. The van der Waals surface area contributed by atoms with Crippen LogP contribution in [-0.4, -0.2) is 13.1 Å². The highest BCUT2D eigenvalue weighted by Crippen LogP contribution is 2.20. The SMILES string of the molecule is C1=C2CNCC2=CCC1. The lowest BCUT2D eigenvalue weighted by atomic mass is 10.0. The first-order valence-electron chi connectivity index (χ1n) is 3.56. The average Bonchev–Trinajstić information content (AvgIpc) is 2.33. The van der Waals surface area contributed by atoms with Gasteiger partial charge in [0.25, 0.3) is 0 Å². The van der Waals surface area contributed by atoms with Crippen LogP contribution in [0.5, 0.6) is 0 Å². The Bertz CT molecular complexity index is 157. The number of fused-ring (bicyclic) bond motifs is 1. The summed E-state index contributed by atoms with van der Waals surface area (Å²) < 4.78 is 0. The molecule has 0 aromatic carbocycles. The molecule has 0 spiro atoms. The van der Waals surface area contributed by atoms with Crippen molar-refractivity contribution < 1.29 is 0 Å². The molecule has 1 heterocycles. The largest absolute Gasteiger partial charge is 0.309 e. The van der Waals surface area contributed by atoms with E-state index in [1.165, 1.54) is 12.8 Å². The molecule has 0 saturated carbocycles. The third-order valence-electron chi connectivity index (χ3n) is 1.99. The van der Waals surface area contributed by atoms with Gasteiger partial charge in [0, 0.05) is 13.1 Å². The molecule has 1 heteroatoms. The molecular weight excluding hydrogens is 110 g/mol. The van der Waals surface area contributed by atoms with Gasteiger partial charge >= 0.3 is 0 Å². The molecule has 48 valence electrons. The van der Waals surface area contributed by atoms with Gasteiger partial charge in [-0.25, -0.2) is 0 Å². The predicted octanol–water partition coefficient (Wildman–Crippen LogP) is 1.24. The Kier molecular flexibility index (Phi) is 1.16. The Balaban J connectivity index is 2.30. The van der Waals surface area contributed by atoms with Crippen molar-refractivity contribution in [1.82, 2.24) is 5.32 Å². The fraction of sp³-hybridized carbons (Fsp3) is 0.500. The molecule has 0 radical (unpaired) electrons. The first-order valence-corrected chi connectivity index (χ1v) is 3.56. The lowest BCUT2D eigenvalue weighted by Gasteiger charge is -2.04. The van der Waals surface area contributed by atoms with E-state index in [1.807, 2.05) is 0 Å². The van der Waals surface area contributed by atoms with Gasteiger partial charge in [0.1, 0.15) is 0 Å². The summed E-state index contributed by atoms with van der Waals surface area (Å²) in [6.45, 7) is 2.21. The van der Waals surface area contributed by atoms with Crippen molar-refractivity contribution in [2.24, 2.45) is 0 Å². The normalized spacial score (nSPS) is 24.9. The molecular formula is C8H11N. The van der Waals surface area contributed by atoms with Crippen LogP contribution < -0.4 is 5.32 Å². The zero-order valence-corrected chi connectivity index (χ0v) is 5.48. The summed E-state index contributed by atoms with van der Waals surface area (Å²) in [5, 5.41) is 3.33. The maximum absolute atomic E-state index is 3.33. The molecule has 0 aromatic heterocycles. The quantitative estimate of drug-likeness (QED) is 0.508. The summed E-state index contributed by atoms with van der Waals surface area (Å²) in [6, 6.07) is 0. The molecule has 1 nitrogen and oxygen atoms in total. The summed E-state index contributed by atoms with van der Waals surface area (Å²) in [4.78, 5) is 0. The van der Waals surface area contributed by atoms with E-state index in [-0.39, 0.29) is 0 Å². The number of hydrogen-bond acceptors (Lipinski definition) is 1. The van der Waals surface area contributed by atoms with Crippen molar-refractivity contribution in [2.45, 2.75) is 12.8 Å². The van der Waals surface area contributed by atoms with Gasteiger partial charge in [-0.2, -0.15) is 0 Å². The van der Waals surface area contributed by atoms with Crippen molar-refractivity contribution >= 4 is 0 Å². The van der Waals surface area contributed by atoms with Gasteiger partial charge in [-0.15, -0.1) is 0 Å². The van der Waals surface area contributed by atoms with Crippen LogP contribution in [-0.2, 0) is 0 Å². The molecule has 1 aliphatic carbocycles. The highest BCUT2D eigenvalue weighted by atomic mass is 14.9. The number of nitrogens with one attached hydrogen (secondary N) is 1. The highest BCUT2D eigenvalue weighted by molar-refractivity contribution is 5.39. The Morgan fingerprint density at radius 1 is 1.00 bits per heavy atom. The van der Waals surface area contributed by atoms with Gasteiger partial charge < -0.3 is 5.32 Å². The van der Waals surface area contributed by atoms with E-state index in [2.05, 4.69) is 17.5 Å². The zero-order chi connectivity index (χ0) is 6.10. The van der Waals surface area contributed by atoms with Crippen molar-refractivity contribution in [3.63, 3.8) is 0 Å². The molecule has 1 aliphatic heterocycles. The molecule has 0 aromatic rings. The van der Waals surface area contributed by atoms with Gasteiger partial charge in [-0.05, 0) is 24.0 Å². The minimum absolute atomic E-state index is 1.10.